The third-order valence-corrected chi connectivity index (χ3v) is 10.8. The van der Waals surface area contributed by atoms with E-state index in [1.807, 2.05) is 12.2 Å². The van der Waals surface area contributed by atoms with Gasteiger partial charge in [-0.2, -0.15) is 0 Å². The molecule has 0 bridgehead atoms. The predicted molar refractivity (Wildman–Crippen MR) is 257 cm³/mol. The predicted octanol–water partition coefficient (Wildman–Crippen LogP) is -4.81. The van der Waals surface area contributed by atoms with Gasteiger partial charge in [0.15, 0.2) is 5.96 Å². The van der Waals surface area contributed by atoms with Crippen LogP contribution >= 0.6 is 0 Å². The van der Waals surface area contributed by atoms with E-state index in [1.165, 1.54) is 13.0 Å². The van der Waals surface area contributed by atoms with Crippen molar-refractivity contribution in [3.05, 3.63) is 23.9 Å². The summed E-state index contributed by atoms with van der Waals surface area (Å²) in [6.07, 6.45) is 5.63. The lowest BCUT2D eigenvalue weighted by Crippen LogP contribution is -2.64. The number of carbonyl (C=O) groups is 8. The summed E-state index contributed by atoms with van der Waals surface area (Å²) < 4.78 is 0. The molecular weight excluding hydrogens is 901 g/mol. The second-order valence-corrected chi connectivity index (χ2v) is 17.1. The average molecular weight is 981 g/mol. The SMILES string of the molecule is C/C=C1\NC(=O)C(NC(=O)CCC/C=C/CCCCCC)C(O)CNC(=O)C(C(O)CN)NC(=O)C(C(O)CN)NC(=O)C(CCCN=C(N)N)NC(=O)C(CC(C)C)NC(=O)C(CCN)NC1=O. The first kappa shape index (κ1) is 61.3. The lowest BCUT2D eigenvalue weighted by Gasteiger charge is -2.30. The number of nitrogens with two attached hydrogens (primary N) is 5. The van der Waals surface area contributed by atoms with Crippen LogP contribution in [0.2, 0.25) is 0 Å². The van der Waals surface area contributed by atoms with Crippen molar-refractivity contribution in [2.24, 2.45) is 39.6 Å². The standard InChI is InChI=1S/C44H80N14O11/c1-5-7-8-9-10-11-12-13-14-17-33(62)56-36-32(61)24-51-41(67)34(30(59)22-46)58-43(69)35(31(60)23-47)57-39(65)27(16-15-20-50-44(48)49)53-40(66)29(21-25(3)4)55-38(64)28(18-19-45)54-37(63)26(6-2)52-42(36)68/h6,11-12,25,27-32,34-36,59-61H,5,7-10,13-24,45-47H2,1-4H3,(H,51,67)(H,52,68)(H,53,66)(H,54,63)(H,55,64)(H,56,62)(H,57,65)(H,58,69)(H4,48,49,50)/b12-11+,26-6-. The monoisotopic (exact) mass is 981 g/mol. The van der Waals surface area contributed by atoms with Crippen molar-refractivity contribution in [1.82, 2.24) is 42.5 Å². The fourth-order valence-electron chi connectivity index (χ4n) is 6.92. The van der Waals surface area contributed by atoms with Crippen LogP contribution in [0.25, 0.3) is 0 Å². The Labute approximate surface area is 404 Å². The normalized spacial score (nSPS) is 24.5. The van der Waals surface area contributed by atoms with E-state index in [-0.39, 0.29) is 57.1 Å². The molecule has 0 aromatic rings. The van der Waals surface area contributed by atoms with Gasteiger partial charge in [0.25, 0.3) is 5.91 Å². The number of hydrogen-bond acceptors (Lipinski definition) is 15. The van der Waals surface area contributed by atoms with E-state index in [4.69, 9.17) is 28.7 Å². The van der Waals surface area contributed by atoms with Crippen LogP contribution in [-0.4, -0.2) is 156 Å². The Balaban J connectivity index is 3.81. The van der Waals surface area contributed by atoms with Gasteiger partial charge in [-0.05, 0) is 70.8 Å². The Kier molecular flexibility index (Phi) is 29.9. The number of hydrogen-bond donors (Lipinski definition) is 16. The molecule has 0 aliphatic carbocycles. The number of guanidine groups is 1. The van der Waals surface area contributed by atoms with Crippen molar-refractivity contribution >= 4 is 53.2 Å². The molecule has 25 nitrogen and oxygen atoms in total. The van der Waals surface area contributed by atoms with Crippen molar-refractivity contribution in [3.63, 3.8) is 0 Å². The van der Waals surface area contributed by atoms with Gasteiger partial charge >= 0.3 is 0 Å². The van der Waals surface area contributed by atoms with E-state index < -0.39 is 127 Å². The Bertz CT molecular complexity index is 1760. The summed E-state index contributed by atoms with van der Waals surface area (Å²) in [4.78, 5) is 114. The smallest absolute Gasteiger partial charge is 0.268 e. The molecule has 1 heterocycles. The summed E-state index contributed by atoms with van der Waals surface area (Å²) in [5.74, 6) is -8.36. The Morgan fingerprint density at radius 3 is 1.88 bits per heavy atom. The van der Waals surface area contributed by atoms with E-state index in [2.05, 4.69) is 54.5 Å². The number of carbonyl (C=O) groups excluding carboxylic acids is 8. The van der Waals surface area contributed by atoms with Gasteiger partial charge in [0.1, 0.15) is 48.1 Å². The molecule has 21 N–H and O–H groups in total. The molecule has 1 rings (SSSR count). The Hall–Kier alpha value is -5.73. The van der Waals surface area contributed by atoms with Crippen LogP contribution in [0.3, 0.4) is 0 Å². The van der Waals surface area contributed by atoms with Gasteiger partial charge in [0.05, 0.1) is 12.2 Å². The molecule has 1 saturated heterocycles. The molecule has 69 heavy (non-hydrogen) atoms. The summed E-state index contributed by atoms with van der Waals surface area (Å²) in [6.45, 7) is 4.92. The number of aliphatic hydroxyl groups is 3. The van der Waals surface area contributed by atoms with Crippen molar-refractivity contribution in [1.29, 1.82) is 0 Å². The third-order valence-electron chi connectivity index (χ3n) is 10.8. The maximum Gasteiger partial charge on any atom is 0.268 e. The number of aliphatic hydroxyl groups excluding tert-OH is 3. The second kappa shape index (κ2) is 33.7. The first-order chi connectivity index (χ1) is 32.7. The zero-order chi connectivity index (χ0) is 52.1. The molecular formula is C44H80N14O11. The summed E-state index contributed by atoms with van der Waals surface area (Å²) in [5, 5.41) is 52.4. The number of unbranched alkanes of at least 4 members (excludes halogenated alkanes) is 5. The Morgan fingerprint density at radius 1 is 0.739 bits per heavy atom. The van der Waals surface area contributed by atoms with Crippen molar-refractivity contribution in [3.8, 4) is 0 Å². The van der Waals surface area contributed by atoms with Crippen LogP contribution in [0.5, 0.6) is 0 Å². The molecule has 392 valence electrons. The molecule has 0 radical (unpaired) electrons. The van der Waals surface area contributed by atoms with Crippen molar-refractivity contribution in [2.75, 3.05) is 32.7 Å². The molecule has 0 aromatic carbocycles. The van der Waals surface area contributed by atoms with Crippen molar-refractivity contribution in [2.45, 2.75) is 159 Å². The van der Waals surface area contributed by atoms with E-state index in [9.17, 15) is 53.7 Å². The van der Waals surface area contributed by atoms with Gasteiger partial charge in [-0.25, -0.2) is 0 Å². The third kappa shape index (κ3) is 23.4. The molecule has 9 atom stereocenters. The highest BCUT2D eigenvalue weighted by Gasteiger charge is 2.38. The number of rotatable bonds is 22. The fourth-order valence-corrected chi connectivity index (χ4v) is 6.92. The lowest BCUT2D eigenvalue weighted by molar-refractivity contribution is -0.138. The maximum atomic E-state index is 14.0. The van der Waals surface area contributed by atoms with E-state index >= 15 is 0 Å². The van der Waals surface area contributed by atoms with Crippen LogP contribution in [0, 0.1) is 5.92 Å². The number of amides is 8. The average Bonchev–Trinajstić information content (AvgIpc) is 3.30. The molecule has 1 fully saturated rings. The summed E-state index contributed by atoms with van der Waals surface area (Å²) in [6, 6.07) is -9.82. The quantitative estimate of drug-likeness (QED) is 0.0159. The van der Waals surface area contributed by atoms with Gasteiger partial charge in [0.2, 0.25) is 41.4 Å². The maximum absolute atomic E-state index is 14.0. The van der Waals surface area contributed by atoms with Crippen LogP contribution in [0.1, 0.15) is 105 Å². The van der Waals surface area contributed by atoms with Gasteiger partial charge in [-0.3, -0.25) is 43.3 Å². The molecule has 25 heteroatoms. The van der Waals surface area contributed by atoms with Crippen LogP contribution < -0.4 is 71.2 Å². The van der Waals surface area contributed by atoms with Crippen LogP contribution in [0.4, 0.5) is 0 Å². The lowest BCUT2D eigenvalue weighted by atomic mass is 10.0. The number of aliphatic imine (C=N–C) groups is 1. The highest BCUT2D eigenvalue weighted by molar-refractivity contribution is 6.02. The van der Waals surface area contributed by atoms with Crippen LogP contribution in [-0.2, 0) is 38.4 Å². The van der Waals surface area contributed by atoms with Gasteiger partial charge in [-0.15, -0.1) is 0 Å². The second-order valence-electron chi connectivity index (χ2n) is 17.1. The zero-order valence-corrected chi connectivity index (χ0v) is 40.5. The molecule has 9 unspecified atom stereocenters. The van der Waals surface area contributed by atoms with Crippen molar-refractivity contribution < 1.29 is 53.7 Å². The Morgan fingerprint density at radius 2 is 1.30 bits per heavy atom. The van der Waals surface area contributed by atoms with Gasteiger partial charge < -0.3 is 86.5 Å². The van der Waals surface area contributed by atoms with Gasteiger partial charge in [-0.1, -0.05) is 58.3 Å². The van der Waals surface area contributed by atoms with E-state index in [0.717, 1.165) is 32.1 Å². The molecule has 0 saturated carbocycles. The molecule has 1 aliphatic heterocycles. The molecule has 1 aliphatic rings. The molecule has 8 amide bonds. The highest BCUT2D eigenvalue weighted by atomic mass is 16.3. The first-order valence-electron chi connectivity index (χ1n) is 23.7. The molecule has 0 aromatic heterocycles. The summed E-state index contributed by atoms with van der Waals surface area (Å²) in [5.41, 5.74) is 27.7. The first-order valence-corrected chi connectivity index (χ1v) is 23.7. The summed E-state index contributed by atoms with van der Waals surface area (Å²) >= 11 is 0. The highest BCUT2D eigenvalue weighted by Crippen LogP contribution is 2.11. The largest absolute Gasteiger partial charge is 0.389 e. The fraction of sp³-hybridized carbons (Fsp3) is 0.705. The number of nitrogens with zero attached hydrogens (tertiary/aromatic N) is 1. The topological polar surface area (TPSA) is 436 Å². The summed E-state index contributed by atoms with van der Waals surface area (Å²) in [7, 11) is 0. The zero-order valence-electron chi connectivity index (χ0n) is 40.5. The number of β-amino-alcohol motifs (C(OH)–C–C–N with tert-alkyl or cyclic N) is 1. The minimum absolute atomic E-state index is 0.00531. The van der Waals surface area contributed by atoms with E-state index in [1.54, 1.807) is 13.8 Å². The van der Waals surface area contributed by atoms with E-state index in [0.29, 0.717) is 12.8 Å². The number of allylic oxidation sites excluding steroid dienone is 3. The van der Waals surface area contributed by atoms with Gasteiger partial charge in [0, 0.05) is 32.6 Å². The minimum Gasteiger partial charge on any atom is -0.389 e. The minimum atomic E-state index is -1.91. The van der Waals surface area contributed by atoms with Crippen LogP contribution in [0.15, 0.2) is 28.9 Å². The molecule has 0 spiro atoms. The number of nitrogens with one attached hydrogen (secondary N) is 8.